The number of carbonyl (C=O) groups excluding carboxylic acids is 2. The summed E-state index contributed by atoms with van der Waals surface area (Å²) in [7, 11) is 1.68. The van der Waals surface area contributed by atoms with Crippen LogP contribution in [-0.4, -0.2) is 29.9 Å². The molecule has 0 atom stereocenters. The summed E-state index contributed by atoms with van der Waals surface area (Å²) >= 11 is 0. The maximum atomic E-state index is 14.2. The van der Waals surface area contributed by atoms with Crippen molar-refractivity contribution in [3.05, 3.63) is 155 Å². The molecule has 0 saturated carbocycles. The van der Waals surface area contributed by atoms with Gasteiger partial charge in [-0.3, -0.25) is 9.59 Å². The third-order valence-corrected chi connectivity index (χ3v) is 7.32. The number of carboxylic acids is 1. The highest BCUT2D eigenvalue weighted by Gasteiger charge is 2.30. The fourth-order valence-corrected chi connectivity index (χ4v) is 4.89. The number of benzene rings is 5. The predicted molar refractivity (Wildman–Crippen MR) is 166 cm³/mol. The summed E-state index contributed by atoms with van der Waals surface area (Å²) in [5, 5.41) is 9.60. The van der Waals surface area contributed by atoms with Gasteiger partial charge in [0.2, 0.25) is 0 Å². The van der Waals surface area contributed by atoms with Gasteiger partial charge in [-0.15, -0.1) is 0 Å². The zero-order valence-electron chi connectivity index (χ0n) is 24.0. The number of hydrogen-bond acceptors (Lipinski definition) is 3. The summed E-state index contributed by atoms with van der Waals surface area (Å²) in [6.45, 7) is 0.0201. The average Bonchev–Trinajstić information content (AvgIpc) is 3.06. The lowest BCUT2D eigenvalue weighted by molar-refractivity contribution is -0.137. The van der Waals surface area contributed by atoms with Gasteiger partial charge in [0, 0.05) is 29.5 Å². The third-order valence-electron chi connectivity index (χ3n) is 7.32. The second-order valence-electron chi connectivity index (χ2n) is 10.3. The minimum Gasteiger partial charge on any atom is -0.478 e. The molecule has 0 spiro atoms. The highest BCUT2D eigenvalue weighted by Crippen LogP contribution is 2.33. The summed E-state index contributed by atoms with van der Waals surface area (Å²) < 4.78 is 39.5. The van der Waals surface area contributed by atoms with Gasteiger partial charge in [0.1, 0.15) is 0 Å². The SMILES string of the molecule is CN(C(=O)c1ccc(CN(C(=O)c2ccccc2-c2ccc(C(F)(F)F)cc2)c2cccc(C(=O)O)c2)cc1)c1ccccc1. The van der Waals surface area contributed by atoms with Gasteiger partial charge in [-0.2, -0.15) is 13.2 Å². The molecule has 0 saturated heterocycles. The molecule has 2 amide bonds. The number of amides is 2. The first kappa shape index (κ1) is 30.7. The molecule has 5 aromatic carbocycles. The Morgan fingerprint density at radius 1 is 0.667 bits per heavy atom. The minimum atomic E-state index is -4.50. The fourth-order valence-electron chi connectivity index (χ4n) is 4.89. The molecule has 226 valence electrons. The van der Waals surface area contributed by atoms with Gasteiger partial charge in [0.15, 0.2) is 0 Å². The van der Waals surface area contributed by atoms with E-state index in [1.807, 2.05) is 30.3 Å². The summed E-state index contributed by atoms with van der Waals surface area (Å²) in [4.78, 5) is 42.0. The van der Waals surface area contributed by atoms with Crippen molar-refractivity contribution >= 4 is 29.2 Å². The summed E-state index contributed by atoms with van der Waals surface area (Å²) in [6, 6.07) is 33.0. The number of carbonyl (C=O) groups is 3. The van der Waals surface area contributed by atoms with E-state index in [9.17, 15) is 32.7 Å². The molecular formula is C36H27F3N2O4. The van der Waals surface area contributed by atoms with Crippen LogP contribution in [0.2, 0.25) is 0 Å². The summed E-state index contributed by atoms with van der Waals surface area (Å²) in [5.41, 5.74) is 2.36. The number of anilines is 2. The lowest BCUT2D eigenvalue weighted by Gasteiger charge is -2.25. The highest BCUT2D eigenvalue weighted by molar-refractivity contribution is 6.10. The van der Waals surface area contributed by atoms with Crippen molar-refractivity contribution in [3.63, 3.8) is 0 Å². The Hall–Kier alpha value is -5.70. The van der Waals surface area contributed by atoms with Crippen molar-refractivity contribution in [2.75, 3.05) is 16.8 Å². The number of carboxylic acid groups (broad SMARTS) is 1. The van der Waals surface area contributed by atoms with Crippen molar-refractivity contribution in [2.24, 2.45) is 0 Å². The van der Waals surface area contributed by atoms with Crippen LogP contribution in [0.4, 0.5) is 24.5 Å². The van der Waals surface area contributed by atoms with Crippen LogP contribution in [0.25, 0.3) is 11.1 Å². The maximum Gasteiger partial charge on any atom is 0.416 e. The molecule has 9 heteroatoms. The molecule has 6 nitrogen and oxygen atoms in total. The van der Waals surface area contributed by atoms with E-state index in [1.54, 1.807) is 61.6 Å². The van der Waals surface area contributed by atoms with Crippen LogP contribution in [0.1, 0.15) is 42.2 Å². The van der Waals surface area contributed by atoms with Gasteiger partial charge in [-0.05, 0) is 77.4 Å². The third kappa shape index (κ3) is 6.94. The molecule has 0 aliphatic heterocycles. The Morgan fingerprint density at radius 3 is 1.93 bits per heavy atom. The Labute approximate surface area is 257 Å². The van der Waals surface area contributed by atoms with E-state index in [0.29, 0.717) is 27.9 Å². The van der Waals surface area contributed by atoms with Crippen molar-refractivity contribution in [1.82, 2.24) is 0 Å². The molecule has 5 aromatic rings. The lowest BCUT2D eigenvalue weighted by Crippen LogP contribution is -2.31. The topological polar surface area (TPSA) is 77.9 Å². The van der Waals surface area contributed by atoms with Crippen LogP contribution in [0.5, 0.6) is 0 Å². The second kappa shape index (κ2) is 12.9. The van der Waals surface area contributed by atoms with E-state index in [0.717, 1.165) is 17.8 Å². The molecule has 0 aliphatic carbocycles. The number of halogens is 3. The summed E-state index contributed by atoms with van der Waals surface area (Å²) in [5.74, 6) is -1.88. The Balaban J connectivity index is 1.49. The molecule has 0 aliphatic rings. The smallest absolute Gasteiger partial charge is 0.416 e. The zero-order chi connectivity index (χ0) is 32.1. The van der Waals surface area contributed by atoms with E-state index in [4.69, 9.17) is 0 Å². The molecule has 45 heavy (non-hydrogen) atoms. The van der Waals surface area contributed by atoms with Gasteiger partial charge in [-0.1, -0.05) is 66.7 Å². The van der Waals surface area contributed by atoms with Crippen LogP contribution >= 0.6 is 0 Å². The van der Waals surface area contributed by atoms with Gasteiger partial charge in [0.25, 0.3) is 11.8 Å². The van der Waals surface area contributed by atoms with E-state index < -0.39 is 23.6 Å². The Morgan fingerprint density at radius 2 is 1.29 bits per heavy atom. The van der Waals surface area contributed by atoms with Crippen LogP contribution in [0.3, 0.4) is 0 Å². The monoisotopic (exact) mass is 608 g/mol. The zero-order valence-corrected chi connectivity index (χ0v) is 24.0. The molecule has 0 aromatic heterocycles. The van der Waals surface area contributed by atoms with Crippen LogP contribution < -0.4 is 9.80 Å². The first-order chi connectivity index (χ1) is 21.5. The van der Waals surface area contributed by atoms with E-state index >= 15 is 0 Å². The van der Waals surface area contributed by atoms with Crippen molar-refractivity contribution < 1.29 is 32.7 Å². The largest absolute Gasteiger partial charge is 0.478 e. The van der Waals surface area contributed by atoms with Gasteiger partial charge >= 0.3 is 12.1 Å². The van der Waals surface area contributed by atoms with Crippen LogP contribution in [0, 0.1) is 0 Å². The van der Waals surface area contributed by atoms with E-state index in [-0.39, 0.29) is 23.6 Å². The second-order valence-corrected chi connectivity index (χ2v) is 10.3. The number of alkyl halides is 3. The molecule has 1 N–H and O–H groups in total. The first-order valence-corrected chi connectivity index (χ1v) is 13.9. The lowest BCUT2D eigenvalue weighted by atomic mass is 9.97. The van der Waals surface area contributed by atoms with Gasteiger partial charge in [0.05, 0.1) is 17.7 Å². The first-order valence-electron chi connectivity index (χ1n) is 13.9. The number of para-hydroxylation sites is 1. The quantitative estimate of drug-likeness (QED) is 0.193. The van der Waals surface area contributed by atoms with Crippen molar-refractivity contribution in [2.45, 2.75) is 12.7 Å². The molecule has 0 unspecified atom stereocenters. The fraction of sp³-hybridized carbons (Fsp3) is 0.0833. The van der Waals surface area contributed by atoms with E-state index in [2.05, 4.69) is 0 Å². The summed E-state index contributed by atoms with van der Waals surface area (Å²) in [6.07, 6.45) is -4.50. The van der Waals surface area contributed by atoms with Crippen molar-refractivity contribution in [1.29, 1.82) is 0 Å². The van der Waals surface area contributed by atoms with E-state index in [1.165, 1.54) is 40.1 Å². The van der Waals surface area contributed by atoms with Crippen LogP contribution in [-0.2, 0) is 12.7 Å². The normalized spacial score (nSPS) is 11.1. The molecular weight excluding hydrogens is 581 g/mol. The maximum absolute atomic E-state index is 14.2. The predicted octanol–water partition coefficient (Wildman–Crippen LogP) is 8.19. The average molecular weight is 609 g/mol. The van der Waals surface area contributed by atoms with Crippen molar-refractivity contribution in [3.8, 4) is 11.1 Å². The number of rotatable bonds is 8. The Kier molecular flexibility index (Phi) is 8.81. The molecule has 0 heterocycles. The molecule has 0 bridgehead atoms. The van der Waals surface area contributed by atoms with Crippen LogP contribution in [0.15, 0.2) is 127 Å². The molecule has 5 rings (SSSR count). The minimum absolute atomic E-state index is 0.0201. The standard InChI is InChI=1S/C36H27F3N2O4/c1-40(29-9-3-2-4-10-29)33(42)26-16-14-24(15-17-26)23-41(30-11-7-8-27(22-30)35(44)45)34(43)32-13-6-5-12-31(32)25-18-20-28(21-19-25)36(37,38)39/h2-22H,23H2,1H3,(H,44,45). The number of hydrogen-bond donors (Lipinski definition) is 1. The Bertz CT molecular complexity index is 1840. The number of aromatic carboxylic acids is 1. The van der Waals surface area contributed by atoms with Gasteiger partial charge < -0.3 is 14.9 Å². The highest BCUT2D eigenvalue weighted by atomic mass is 19.4. The molecule has 0 fully saturated rings. The number of nitrogens with zero attached hydrogens (tertiary/aromatic N) is 2. The molecule has 0 radical (unpaired) electrons. The van der Waals surface area contributed by atoms with Gasteiger partial charge in [-0.25, -0.2) is 4.79 Å².